The fourth-order valence-corrected chi connectivity index (χ4v) is 2.68. The maximum Gasteiger partial charge on any atom is 0.125 e. The molecule has 3 aromatic rings. The van der Waals surface area contributed by atoms with Gasteiger partial charge in [0, 0.05) is 18.2 Å². The van der Waals surface area contributed by atoms with Gasteiger partial charge in [-0.2, -0.15) is 0 Å². The Morgan fingerprint density at radius 3 is 2.67 bits per heavy atom. The molecule has 0 unspecified atom stereocenters. The summed E-state index contributed by atoms with van der Waals surface area (Å²) >= 11 is 0. The predicted molar refractivity (Wildman–Crippen MR) is 83.7 cm³/mol. The van der Waals surface area contributed by atoms with Crippen LogP contribution in [0.15, 0.2) is 42.5 Å². The van der Waals surface area contributed by atoms with Gasteiger partial charge < -0.3 is 10.3 Å². The summed E-state index contributed by atoms with van der Waals surface area (Å²) in [6.07, 6.45) is 0.640. The Kier molecular flexibility index (Phi) is 3.37. The monoisotopic (exact) mass is 283 g/mol. The van der Waals surface area contributed by atoms with Crippen molar-refractivity contribution in [3.8, 4) is 0 Å². The molecule has 3 nitrogen and oxygen atoms in total. The fraction of sp³-hybridized carbons (Fsp3) is 0.235. The van der Waals surface area contributed by atoms with Gasteiger partial charge in [0.25, 0.3) is 0 Å². The van der Waals surface area contributed by atoms with E-state index in [1.807, 2.05) is 24.3 Å². The summed E-state index contributed by atoms with van der Waals surface area (Å²) in [5.74, 6) is 0.665. The third-order valence-corrected chi connectivity index (χ3v) is 3.64. The van der Waals surface area contributed by atoms with E-state index < -0.39 is 0 Å². The summed E-state index contributed by atoms with van der Waals surface area (Å²) in [6.45, 7) is 4.15. The first-order valence-electron chi connectivity index (χ1n) is 7.06. The molecule has 0 aliphatic carbocycles. The highest BCUT2D eigenvalue weighted by Crippen LogP contribution is 2.25. The van der Waals surface area contributed by atoms with Crippen molar-refractivity contribution in [3.63, 3.8) is 0 Å². The highest BCUT2D eigenvalue weighted by Gasteiger charge is 2.15. The zero-order valence-electron chi connectivity index (χ0n) is 12.2. The summed E-state index contributed by atoms with van der Waals surface area (Å²) in [5, 5.41) is 0. The molecule has 0 spiro atoms. The van der Waals surface area contributed by atoms with Crippen LogP contribution in [0.3, 0.4) is 0 Å². The average Bonchev–Trinajstić information content (AvgIpc) is 2.78. The highest BCUT2D eigenvalue weighted by atomic mass is 19.1. The largest absolute Gasteiger partial charge is 0.398 e. The Bertz CT molecular complexity index is 790. The van der Waals surface area contributed by atoms with Gasteiger partial charge in [-0.15, -0.1) is 0 Å². The number of hydrogen-bond donors (Lipinski definition) is 1. The minimum Gasteiger partial charge on any atom is -0.398 e. The zero-order chi connectivity index (χ0) is 15.0. The van der Waals surface area contributed by atoms with E-state index in [1.165, 1.54) is 6.07 Å². The van der Waals surface area contributed by atoms with E-state index in [4.69, 9.17) is 5.73 Å². The molecule has 0 saturated carbocycles. The first kappa shape index (κ1) is 13.6. The molecule has 1 heterocycles. The number of nitrogen functional groups attached to an aromatic ring is 1. The molecule has 2 aromatic carbocycles. The van der Waals surface area contributed by atoms with E-state index in [2.05, 4.69) is 23.4 Å². The number of benzene rings is 2. The molecule has 0 amide bonds. The smallest absolute Gasteiger partial charge is 0.125 e. The summed E-state index contributed by atoms with van der Waals surface area (Å²) in [5.41, 5.74) is 9.45. The lowest BCUT2D eigenvalue weighted by Gasteiger charge is -2.13. The highest BCUT2D eigenvalue weighted by molar-refractivity contribution is 5.76. The standard InChI is InChI=1S/C17H18FN3/c1-11(2)21-16-10-13(18)7-8-15(16)20-17(21)9-12-5-3-4-6-14(12)19/h3-8,10-11H,9,19H2,1-2H3. The van der Waals surface area contributed by atoms with Crippen molar-refractivity contribution in [1.82, 2.24) is 9.55 Å². The molecule has 108 valence electrons. The first-order chi connectivity index (χ1) is 10.1. The van der Waals surface area contributed by atoms with E-state index in [-0.39, 0.29) is 11.9 Å². The van der Waals surface area contributed by atoms with E-state index >= 15 is 0 Å². The van der Waals surface area contributed by atoms with E-state index in [0.29, 0.717) is 6.42 Å². The number of imidazole rings is 1. The van der Waals surface area contributed by atoms with Gasteiger partial charge in [-0.3, -0.25) is 0 Å². The van der Waals surface area contributed by atoms with Gasteiger partial charge in [-0.25, -0.2) is 9.37 Å². The quantitative estimate of drug-likeness (QED) is 0.740. The first-order valence-corrected chi connectivity index (χ1v) is 7.06. The van der Waals surface area contributed by atoms with Gasteiger partial charge >= 0.3 is 0 Å². The van der Waals surface area contributed by atoms with Crippen LogP contribution < -0.4 is 5.73 Å². The number of rotatable bonds is 3. The molecule has 21 heavy (non-hydrogen) atoms. The van der Waals surface area contributed by atoms with Crippen molar-refractivity contribution in [2.75, 3.05) is 5.73 Å². The zero-order valence-corrected chi connectivity index (χ0v) is 12.2. The maximum absolute atomic E-state index is 13.5. The lowest BCUT2D eigenvalue weighted by atomic mass is 10.1. The second kappa shape index (κ2) is 5.20. The Labute approximate surface area is 123 Å². The molecule has 1 aromatic heterocycles. The van der Waals surface area contributed by atoms with Crippen molar-refractivity contribution >= 4 is 16.7 Å². The summed E-state index contributed by atoms with van der Waals surface area (Å²) in [7, 11) is 0. The Hall–Kier alpha value is -2.36. The van der Waals surface area contributed by atoms with Crippen molar-refractivity contribution in [2.45, 2.75) is 26.3 Å². The van der Waals surface area contributed by atoms with Crippen LogP contribution in [0.1, 0.15) is 31.3 Å². The number of aromatic nitrogens is 2. The minimum absolute atomic E-state index is 0.205. The van der Waals surface area contributed by atoms with Gasteiger partial charge in [0.1, 0.15) is 11.6 Å². The minimum atomic E-state index is -0.241. The van der Waals surface area contributed by atoms with Crippen molar-refractivity contribution < 1.29 is 4.39 Å². The second-order valence-corrected chi connectivity index (χ2v) is 5.50. The molecule has 0 bridgehead atoms. The molecule has 0 atom stereocenters. The van der Waals surface area contributed by atoms with Crippen LogP contribution >= 0.6 is 0 Å². The number of para-hydroxylation sites is 1. The molecule has 4 heteroatoms. The Morgan fingerprint density at radius 2 is 1.95 bits per heavy atom. The molecular formula is C17H18FN3. The van der Waals surface area contributed by atoms with Gasteiger partial charge in [0.05, 0.1) is 11.0 Å². The second-order valence-electron chi connectivity index (χ2n) is 5.50. The molecule has 0 radical (unpaired) electrons. The number of nitrogens with zero attached hydrogens (tertiary/aromatic N) is 2. The molecule has 0 fully saturated rings. The number of nitrogens with two attached hydrogens (primary N) is 1. The topological polar surface area (TPSA) is 43.8 Å². The van der Waals surface area contributed by atoms with Crippen LogP contribution in [0.5, 0.6) is 0 Å². The van der Waals surface area contributed by atoms with E-state index in [0.717, 1.165) is 28.1 Å². The molecule has 2 N–H and O–H groups in total. The van der Waals surface area contributed by atoms with Gasteiger partial charge in [0.15, 0.2) is 0 Å². The molecular weight excluding hydrogens is 265 g/mol. The molecule has 3 rings (SSSR count). The van der Waals surface area contributed by atoms with Crippen LogP contribution in [0.2, 0.25) is 0 Å². The Morgan fingerprint density at radius 1 is 1.19 bits per heavy atom. The van der Waals surface area contributed by atoms with Crippen LogP contribution in [0, 0.1) is 5.82 Å². The molecule has 0 aliphatic heterocycles. The predicted octanol–water partition coefficient (Wildman–Crippen LogP) is 3.93. The van der Waals surface area contributed by atoms with Gasteiger partial charge in [0.2, 0.25) is 0 Å². The summed E-state index contributed by atoms with van der Waals surface area (Å²) in [6, 6.07) is 12.7. The van der Waals surface area contributed by atoms with Crippen molar-refractivity contribution in [2.24, 2.45) is 0 Å². The third kappa shape index (κ3) is 2.49. The fourth-order valence-electron chi connectivity index (χ4n) is 2.68. The molecule has 0 aliphatic rings. The van der Waals surface area contributed by atoms with E-state index in [1.54, 1.807) is 12.1 Å². The van der Waals surface area contributed by atoms with Crippen LogP contribution in [-0.4, -0.2) is 9.55 Å². The SMILES string of the molecule is CC(C)n1c(Cc2ccccc2N)nc2ccc(F)cc21. The number of fused-ring (bicyclic) bond motifs is 1. The lowest BCUT2D eigenvalue weighted by Crippen LogP contribution is -2.08. The number of anilines is 1. The lowest BCUT2D eigenvalue weighted by molar-refractivity contribution is 0.587. The van der Waals surface area contributed by atoms with Gasteiger partial charge in [-0.1, -0.05) is 18.2 Å². The third-order valence-electron chi connectivity index (χ3n) is 3.64. The molecule has 0 saturated heterocycles. The number of halogens is 1. The van der Waals surface area contributed by atoms with Crippen LogP contribution in [0.25, 0.3) is 11.0 Å². The normalized spacial score (nSPS) is 11.4. The van der Waals surface area contributed by atoms with Gasteiger partial charge in [-0.05, 0) is 43.7 Å². The van der Waals surface area contributed by atoms with Crippen LogP contribution in [-0.2, 0) is 6.42 Å². The van der Waals surface area contributed by atoms with E-state index in [9.17, 15) is 4.39 Å². The summed E-state index contributed by atoms with van der Waals surface area (Å²) in [4.78, 5) is 4.65. The van der Waals surface area contributed by atoms with Crippen molar-refractivity contribution in [1.29, 1.82) is 0 Å². The Balaban J connectivity index is 2.14. The van der Waals surface area contributed by atoms with Crippen LogP contribution in [0.4, 0.5) is 10.1 Å². The average molecular weight is 283 g/mol. The summed E-state index contributed by atoms with van der Waals surface area (Å²) < 4.78 is 15.6. The number of hydrogen-bond acceptors (Lipinski definition) is 2. The maximum atomic E-state index is 13.5. The van der Waals surface area contributed by atoms with Crippen molar-refractivity contribution in [3.05, 3.63) is 59.7 Å².